The molecule has 2 N–H and O–H groups in total. The molecule has 1 atom stereocenters. The molecule has 0 saturated carbocycles. The van der Waals surface area contributed by atoms with Gasteiger partial charge in [0.05, 0.1) is 13.7 Å². The summed E-state index contributed by atoms with van der Waals surface area (Å²) in [4.78, 5) is 22.0. The topological polar surface area (TPSA) is 94.1 Å². The molecule has 0 radical (unpaired) electrons. The number of para-hydroxylation sites is 1. The molecule has 1 fully saturated rings. The van der Waals surface area contributed by atoms with Gasteiger partial charge in [-0.3, -0.25) is 0 Å². The number of carbonyl (C=O) groups excluding carboxylic acids is 1. The van der Waals surface area contributed by atoms with Crippen molar-refractivity contribution < 1.29 is 28.9 Å². The number of benzene rings is 1. The van der Waals surface area contributed by atoms with Crippen LogP contribution in [0.25, 0.3) is 0 Å². The minimum Gasteiger partial charge on any atom is -0.493 e. The average molecular weight is 267 g/mol. The number of methoxy groups -OCH3 is 1. The Morgan fingerprint density at radius 2 is 2.37 bits per heavy atom. The van der Waals surface area contributed by atoms with Crippen LogP contribution < -0.4 is 14.8 Å². The summed E-state index contributed by atoms with van der Waals surface area (Å²) in [6.07, 6.45) is -0.953. The molecule has 0 bridgehead atoms. The number of hydrogen-bond donors (Lipinski definition) is 2. The highest BCUT2D eigenvalue weighted by Gasteiger charge is 2.24. The molecule has 1 aliphatic rings. The first-order valence-electron chi connectivity index (χ1n) is 5.59. The molecule has 1 saturated heterocycles. The van der Waals surface area contributed by atoms with E-state index in [-0.39, 0.29) is 17.9 Å². The summed E-state index contributed by atoms with van der Waals surface area (Å²) in [6, 6.07) is 4.58. The van der Waals surface area contributed by atoms with E-state index in [9.17, 15) is 9.59 Å². The zero-order valence-corrected chi connectivity index (χ0v) is 10.2. The Morgan fingerprint density at radius 3 is 2.95 bits per heavy atom. The molecule has 1 heterocycles. The number of cyclic esters (lactones) is 1. The van der Waals surface area contributed by atoms with E-state index in [4.69, 9.17) is 19.3 Å². The van der Waals surface area contributed by atoms with Crippen molar-refractivity contribution in [2.24, 2.45) is 0 Å². The highest BCUT2D eigenvalue weighted by Crippen LogP contribution is 2.31. The number of nitrogens with one attached hydrogen (secondary N) is 1. The van der Waals surface area contributed by atoms with Gasteiger partial charge in [-0.15, -0.1) is 0 Å². The second-order valence-corrected chi connectivity index (χ2v) is 3.86. The smallest absolute Gasteiger partial charge is 0.407 e. The van der Waals surface area contributed by atoms with E-state index in [1.54, 1.807) is 12.1 Å². The summed E-state index contributed by atoms with van der Waals surface area (Å²) in [5.74, 6) is -0.673. The van der Waals surface area contributed by atoms with Crippen LogP contribution in [-0.2, 0) is 4.74 Å². The van der Waals surface area contributed by atoms with Gasteiger partial charge in [0.1, 0.15) is 12.2 Å². The number of alkyl carbamates (subject to hydrolysis) is 1. The fourth-order valence-electron chi connectivity index (χ4n) is 1.69. The molecule has 2 rings (SSSR count). The molecule has 7 heteroatoms. The number of hydrogen-bond acceptors (Lipinski definition) is 5. The first-order valence-corrected chi connectivity index (χ1v) is 5.59. The first-order chi connectivity index (χ1) is 9.11. The van der Waals surface area contributed by atoms with E-state index in [0.29, 0.717) is 12.3 Å². The normalized spacial score (nSPS) is 17.5. The van der Waals surface area contributed by atoms with Gasteiger partial charge in [0, 0.05) is 0 Å². The molecule has 0 spiro atoms. The Bertz CT molecular complexity index is 501. The van der Waals surface area contributed by atoms with E-state index >= 15 is 0 Å². The van der Waals surface area contributed by atoms with Crippen molar-refractivity contribution >= 4 is 12.1 Å². The van der Waals surface area contributed by atoms with Gasteiger partial charge in [0.25, 0.3) is 0 Å². The molecule has 1 aromatic rings. The number of carboxylic acids is 1. The number of carbonyl (C=O) groups is 2. The molecular weight excluding hydrogens is 254 g/mol. The Hall–Kier alpha value is -2.44. The maximum atomic E-state index is 11.1. The molecule has 1 unspecified atom stereocenters. The molecule has 7 nitrogen and oxygen atoms in total. The van der Waals surface area contributed by atoms with Gasteiger partial charge in [-0.05, 0) is 12.1 Å². The van der Waals surface area contributed by atoms with Crippen molar-refractivity contribution in [3.8, 4) is 11.5 Å². The Morgan fingerprint density at radius 1 is 1.58 bits per heavy atom. The Kier molecular flexibility index (Phi) is 3.74. The van der Waals surface area contributed by atoms with Gasteiger partial charge < -0.3 is 24.6 Å². The predicted octanol–water partition coefficient (Wildman–Crippen LogP) is 0.881. The van der Waals surface area contributed by atoms with Crippen LogP contribution in [0.1, 0.15) is 10.4 Å². The minimum absolute atomic E-state index is 0.00312. The zero-order valence-electron chi connectivity index (χ0n) is 10.2. The third-order valence-electron chi connectivity index (χ3n) is 2.59. The summed E-state index contributed by atoms with van der Waals surface area (Å²) < 4.78 is 15.4. The monoisotopic (exact) mass is 267 g/mol. The second kappa shape index (κ2) is 5.47. The third kappa shape index (κ3) is 2.87. The maximum Gasteiger partial charge on any atom is 0.407 e. The fourth-order valence-corrected chi connectivity index (χ4v) is 1.69. The van der Waals surface area contributed by atoms with Gasteiger partial charge in [-0.2, -0.15) is 0 Å². The van der Waals surface area contributed by atoms with Crippen LogP contribution in [0, 0.1) is 0 Å². The summed E-state index contributed by atoms with van der Waals surface area (Å²) in [6.45, 7) is 0.385. The van der Waals surface area contributed by atoms with E-state index < -0.39 is 18.2 Å². The van der Waals surface area contributed by atoms with E-state index in [1.165, 1.54) is 13.2 Å². The van der Waals surface area contributed by atoms with Crippen molar-refractivity contribution in [3.63, 3.8) is 0 Å². The number of amides is 1. The van der Waals surface area contributed by atoms with E-state index in [0.717, 1.165) is 0 Å². The molecule has 102 valence electrons. The van der Waals surface area contributed by atoms with Crippen LogP contribution in [-0.4, -0.2) is 43.5 Å². The van der Waals surface area contributed by atoms with Crippen molar-refractivity contribution in [1.82, 2.24) is 5.32 Å². The van der Waals surface area contributed by atoms with Gasteiger partial charge in [0.15, 0.2) is 17.6 Å². The maximum absolute atomic E-state index is 11.1. The lowest BCUT2D eigenvalue weighted by Gasteiger charge is -2.14. The zero-order chi connectivity index (χ0) is 13.8. The van der Waals surface area contributed by atoms with E-state index in [1.807, 2.05) is 0 Å². The van der Waals surface area contributed by atoms with Crippen molar-refractivity contribution in [1.29, 1.82) is 0 Å². The largest absolute Gasteiger partial charge is 0.493 e. The van der Waals surface area contributed by atoms with Gasteiger partial charge in [-0.25, -0.2) is 9.59 Å². The molecule has 19 heavy (non-hydrogen) atoms. The molecule has 1 aliphatic heterocycles. The number of carboxylic acid groups (broad SMARTS) is 1. The van der Waals surface area contributed by atoms with Crippen molar-refractivity contribution in [3.05, 3.63) is 23.8 Å². The minimum atomic E-state index is -1.12. The molecule has 0 aliphatic carbocycles. The Balaban J connectivity index is 2.13. The van der Waals surface area contributed by atoms with Crippen LogP contribution in [0.4, 0.5) is 4.79 Å². The van der Waals surface area contributed by atoms with Crippen LogP contribution in [0.5, 0.6) is 11.5 Å². The predicted molar refractivity (Wildman–Crippen MR) is 63.7 cm³/mol. The molecule has 0 aromatic heterocycles. The molecular formula is C12H13NO6. The highest BCUT2D eigenvalue weighted by atomic mass is 16.6. The van der Waals surface area contributed by atoms with Gasteiger partial charge in [-0.1, -0.05) is 6.07 Å². The fraction of sp³-hybridized carbons (Fsp3) is 0.333. The standard InChI is InChI=1S/C12H13NO6/c1-17-9-4-2-3-8(11(14)15)10(9)18-6-7-5-13-12(16)19-7/h2-4,7H,5-6H2,1H3,(H,13,16)(H,14,15). The van der Waals surface area contributed by atoms with Crippen molar-refractivity contribution in [2.45, 2.75) is 6.10 Å². The van der Waals surface area contributed by atoms with Gasteiger partial charge in [0.2, 0.25) is 0 Å². The van der Waals surface area contributed by atoms with Gasteiger partial charge >= 0.3 is 12.1 Å². The average Bonchev–Trinajstić information content (AvgIpc) is 2.81. The second-order valence-electron chi connectivity index (χ2n) is 3.86. The lowest BCUT2D eigenvalue weighted by Crippen LogP contribution is -2.22. The SMILES string of the molecule is COc1cccc(C(=O)O)c1OCC1CNC(=O)O1. The number of aromatic carboxylic acids is 1. The quantitative estimate of drug-likeness (QED) is 0.822. The third-order valence-corrected chi connectivity index (χ3v) is 2.59. The highest BCUT2D eigenvalue weighted by molar-refractivity contribution is 5.92. The summed E-state index contributed by atoms with van der Waals surface area (Å²) in [5.41, 5.74) is -0.00312. The number of ether oxygens (including phenoxy) is 3. The van der Waals surface area contributed by atoms with E-state index in [2.05, 4.69) is 5.32 Å². The van der Waals surface area contributed by atoms with Crippen LogP contribution in [0.2, 0.25) is 0 Å². The lowest BCUT2D eigenvalue weighted by molar-refractivity contribution is 0.0682. The summed E-state index contributed by atoms with van der Waals surface area (Å²) in [5, 5.41) is 11.6. The van der Waals surface area contributed by atoms with Crippen molar-refractivity contribution in [2.75, 3.05) is 20.3 Å². The summed E-state index contributed by atoms with van der Waals surface area (Å²) >= 11 is 0. The first kappa shape index (κ1) is 13.0. The number of rotatable bonds is 5. The van der Waals surface area contributed by atoms with Crippen LogP contribution in [0.3, 0.4) is 0 Å². The molecule has 1 amide bonds. The lowest BCUT2D eigenvalue weighted by atomic mass is 10.2. The van der Waals surface area contributed by atoms with Crippen LogP contribution >= 0.6 is 0 Å². The molecule has 1 aromatic carbocycles. The summed E-state index contributed by atoms with van der Waals surface area (Å²) in [7, 11) is 1.42. The van der Waals surface area contributed by atoms with Crippen LogP contribution in [0.15, 0.2) is 18.2 Å². The Labute approximate surface area is 109 Å².